The molecule has 4 heteroatoms. The highest BCUT2D eigenvalue weighted by atomic mass is 16.5. The molecule has 1 saturated carbocycles. The third kappa shape index (κ3) is 3.06. The Morgan fingerprint density at radius 2 is 2.04 bits per heavy atom. The summed E-state index contributed by atoms with van der Waals surface area (Å²) in [6.07, 6.45) is 10.2. The van der Waals surface area contributed by atoms with E-state index >= 15 is 0 Å². The number of carbonyl (C=O) groups is 1. The molecule has 2 fully saturated rings. The third-order valence-corrected chi connectivity index (χ3v) is 7.18. The molecule has 1 aliphatic heterocycles. The number of hydrogen-bond donors (Lipinski definition) is 1. The van der Waals surface area contributed by atoms with E-state index in [1.807, 2.05) is 0 Å². The molecule has 4 nitrogen and oxygen atoms in total. The van der Waals surface area contributed by atoms with Gasteiger partial charge in [-0.15, -0.1) is 0 Å². The number of piperidine rings is 1. The molecule has 0 spiro atoms. The topological polar surface area (TPSA) is 43.3 Å². The van der Waals surface area contributed by atoms with Crippen LogP contribution in [0, 0.1) is 5.92 Å². The number of esters is 1. The average Bonchev–Trinajstić information content (AvgIpc) is 3.09. The molecule has 5 rings (SSSR count). The van der Waals surface area contributed by atoms with Crippen molar-refractivity contribution in [3.8, 4) is 0 Å². The van der Waals surface area contributed by atoms with Crippen molar-refractivity contribution in [2.24, 2.45) is 5.92 Å². The van der Waals surface area contributed by atoms with Gasteiger partial charge in [-0.05, 0) is 69.6 Å². The molecule has 1 saturated heterocycles. The zero-order chi connectivity index (χ0) is 19.3. The van der Waals surface area contributed by atoms with Gasteiger partial charge in [0, 0.05) is 41.6 Å². The first kappa shape index (κ1) is 18.2. The normalized spacial score (nSPS) is 27.8. The zero-order valence-electron chi connectivity index (χ0n) is 17.1. The third-order valence-electron chi connectivity index (χ3n) is 7.18. The number of rotatable bonds is 3. The van der Waals surface area contributed by atoms with Crippen molar-refractivity contribution in [3.05, 3.63) is 35.5 Å². The molecule has 0 radical (unpaired) electrons. The molecule has 3 atom stereocenters. The Labute approximate surface area is 167 Å². The molecule has 2 aliphatic carbocycles. The number of hydrogen-bond acceptors (Lipinski definition) is 3. The fourth-order valence-electron chi connectivity index (χ4n) is 5.72. The van der Waals surface area contributed by atoms with Crippen molar-refractivity contribution < 1.29 is 9.53 Å². The van der Waals surface area contributed by atoms with E-state index in [0.29, 0.717) is 18.0 Å². The molecule has 1 N–H and O–H groups in total. The average molecular weight is 381 g/mol. The largest absolute Gasteiger partial charge is 0.462 e. The second-order valence-corrected chi connectivity index (χ2v) is 9.35. The van der Waals surface area contributed by atoms with Gasteiger partial charge in [0.25, 0.3) is 0 Å². The van der Waals surface area contributed by atoms with Crippen LogP contribution in [0.25, 0.3) is 10.9 Å². The van der Waals surface area contributed by atoms with E-state index in [4.69, 9.17) is 4.74 Å². The Hall–Kier alpha value is -1.81. The van der Waals surface area contributed by atoms with Crippen molar-refractivity contribution >= 4 is 16.9 Å². The SMILES string of the molecule is CC(C)n1cc2c3c(cccc31)[C@H]1C[C@@H](C(=O)OC3CCCCC3)CN[C@@H]1C2. The lowest BCUT2D eigenvalue weighted by Gasteiger charge is -2.40. The molecule has 1 aromatic carbocycles. The predicted molar refractivity (Wildman–Crippen MR) is 112 cm³/mol. The number of nitrogens with zero attached hydrogens (tertiary/aromatic N) is 1. The van der Waals surface area contributed by atoms with Gasteiger partial charge in [-0.2, -0.15) is 0 Å². The Morgan fingerprint density at radius 1 is 1.21 bits per heavy atom. The molecule has 2 heterocycles. The van der Waals surface area contributed by atoms with Crippen LogP contribution in [0.5, 0.6) is 0 Å². The Bertz CT molecular complexity index is 878. The highest BCUT2D eigenvalue weighted by Crippen LogP contribution is 2.43. The van der Waals surface area contributed by atoms with Crippen LogP contribution in [0.15, 0.2) is 24.4 Å². The molecule has 28 heavy (non-hydrogen) atoms. The van der Waals surface area contributed by atoms with Crippen molar-refractivity contribution in [1.82, 2.24) is 9.88 Å². The van der Waals surface area contributed by atoms with Crippen LogP contribution in [0.1, 0.15) is 75.5 Å². The highest BCUT2D eigenvalue weighted by molar-refractivity contribution is 5.89. The van der Waals surface area contributed by atoms with Crippen molar-refractivity contribution in [2.75, 3.05) is 6.54 Å². The lowest BCUT2D eigenvalue weighted by Crippen LogP contribution is -2.49. The van der Waals surface area contributed by atoms with Gasteiger partial charge in [0.15, 0.2) is 0 Å². The molecule has 3 aliphatic rings. The van der Waals surface area contributed by atoms with Crippen LogP contribution in [-0.4, -0.2) is 29.2 Å². The first-order valence-electron chi connectivity index (χ1n) is 11.2. The second-order valence-electron chi connectivity index (χ2n) is 9.35. The molecule has 150 valence electrons. The van der Waals surface area contributed by atoms with Gasteiger partial charge in [0.1, 0.15) is 6.10 Å². The van der Waals surface area contributed by atoms with Gasteiger partial charge in [-0.25, -0.2) is 0 Å². The van der Waals surface area contributed by atoms with E-state index in [-0.39, 0.29) is 18.0 Å². The first-order valence-corrected chi connectivity index (χ1v) is 11.2. The van der Waals surface area contributed by atoms with Gasteiger partial charge >= 0.3 is 5.97 Å². The monoisotopic (exact) mass is 380 g/mol. The summed E-state index contributed by atoms with van der Waals surface area (Å²) in [5.41, 5.74) is 4.22. The Morgan fingerprint density at radius 3 is 2.82 bits per heavy atom. The molecular weight excluding hydrogens is 348 g/mol. The lowest BCUT2D eigenvalue weighted by atomic mass is 9.73. The van der Waals surface area contributed by atoms with Gasteiger partial charge in [0.05, 0.1) is 5.92 Å². The first-order chi connectivity index (χ1) is 13.6. The molecule has 0 amide bonds. The standard InChI is InChI=1S/C24H32N2O2/c1-15(2)26-14-17-12-21-20(19-9-6-10-22(26)23(17)19)11-16(13-25-21)24(27)28-18-7-4-3-5-8-18/h6,9-10,14-16,18,20-21,25H,3-5,7-8,11-13H2,1-2H3/t16-,20-,21-/m1/s1. The number of ether oxygens (including phenoxy) is 1. The summed E-state index contributed by atoms with van der Waals surface area (Å²) < 4.78 is 8.31. The predicted octanol–water partition coefficient (Wildman–Crippen LogP) is 4.72. The van der Waals surface area contributed by atoms with Crippen LogP contribution in [-0.2, 0) is 16.0 Å². The molecule has 0 unspecified atom stereocenters. The lowest BCUT2D eigenvalue weighted by molar-refractivity contribution is -0.156. The van der Waals surface area contributed by atoms with E-state index in [2.05, 4.69) is 48.1 Å². The number of aromatic nitrogens is 1. The van der Waals surface area contributed by atoms with Crippen LogP contribution >= 0.6 is 0 Å². The van der Waals surface area contributed by atoms with Crippen LogP contribution in [0.3, 0.4) is 0 Å². The smallest absolute Gasteiger partial charge is 0.310 e. The van der Waals surface area contributed by atoms with E-state index in [1.165, 1.54) is 41.3 Å². The van der Waals surface area contributed by atoms with Gasteiger partial charge in [-0.3, -0.25) is 4.79 Å². The summed E-state index contributed by atoms with van der Waals surface area (Å²) in [6, 6.07) is 7.60. The summed E-state index contributed by atoms with van der Waals surface area (Å²) in [5, 5.41) is 5.13. The maximum absolute atomic E-state index is 12.9. The minimum atomic E-state index is -0.0211. The van der Waals surface area contributed by atoms with Gasteiger partial charge in [-0.1, -0.05) is 18.6 Å². The quantitative estimate of drug-likeness (QED) is 0.784. The number of carbonyl (C=O) groups excluding carboxylic acids is 1. The summed E-state index contributed by atoms with van der Waals surface area (Å²) in [6.45, 7) is 5.25. The van der Waals surface area contributed by atoms with Crippen LogP contribution in [0.4, 0.5) is 0 Å². The second kappa shape index (κ2) is 7.22. The summed E-state index contributed by atoms with van der Waals surface area (Å²) in [4.78, 5) is 12.9. The molecule has 1 aromatic heterocycles. The van der Waals surface area contributed by atoms with E-state index < -0.39 is 0 Å². The van der Waals surface area contributed by atoms with Crippen molar-refractivity contribution in [2.45, 2.75) is 82.9 Å². The van der Waals surface area contributed by atoms with E-state index in [9.17, 15) is 4.79 Å². The summed E-state index contributed by atoms with van der Waals surface area (Å²) >= 11 is 0. The number of benzene rings is 1. The van der Waals surface area contributed by atoms with Gasteiger partial charge < -0.3 is 14.6 Å². The minimum Gasteiger partial charge on any atom is -0.462 e. The van der Waals surface area contributed by atoms with E-state index in [0.717, 1.165) is 32.2 Å². The minimum absolute atomic E-state index is 0.0211. The molecule has 2 aromatic rings. The fraction of sp³-hybridized carbons (Fsp3) is 0.625. The van der Waals surface area contributed by atoms with Crippen LogP contribution < -0.4 is 5.32 Å². The van der Waals surface area contributed by atoms with E-state index in [1.54, 1.807) is 0 Å². The number of fused-ring (bicyclic) bond motifs is 2. The maximum Gasteiger partial charge on any atom is 0.310 e. The Kier molecular flexibility index (Phi) is 4.70. The summed E-state index contributed by atoms with van der Waals surface area (Å²) in [5.74, 6) is 0.402. The Balaban J connectivity index is 1.40. The van der Waals surface area contributed by atoms with Crippen molar-refractivity contribution in [3.63, 3.8) is 0 Å². The maximum atomic E-state index is 12.9. The molecular formula is C24H32N2O2. The van der Waals surface area contributed by atoms with Crippen molar-refractivity contribution in [1.29, 1.82) is 0 Å². The fourth-order valence-corrected chi connectivity index (χ4v) is 5.72. The molecule has 0 bridgehead atoms. The summed E-state index contributed by atoms with van der Waals surface area (Å²) in [7, 11) is 0. The zero-order valence-corrected chi connectivity index (χ0v) is 17.1. The van der Waals surface area contributed by atoms with Gasteiger partial charge in [0.2, 0.25) is 0 Å². The number of nitrogens with one attached hydrogen (secondary N) is 1. The highest BCUT2D eigenvalue weighted by Gasteiger charge is 2.40. The van der Waals surface area contributed by atoms with Crippen LogP contribution in [0.2, 0.25) is 0 Å².